The van der Waals surface area contributed by atoms with Crippen molar-refractivity contribution in [2.24, 2.45) is 0 Å². The van der Waals surface area contributed by atoms with E-state index in [4.69, 9.17) is 14.2 Å². The Hall–Kier alpha value is -1.26. The lowest BCUT2D eigenvalue weighted by molar-refractivity contribution is 0.171. The molecule has 0 amide bonds. The van der Waals surface area contributed by atoms with Crippen LogP contribution in [0.3, 0.4) is 0 Å². The van der Waals surface area contributed by atoms with E-state index in [-0.39, 0.29) is 0 Å². The topological polar surface area (TPSA) is 39.7 Å². The third-order valence-corrected chi connectivity index (χ3v) is 3.61. The monoisotopic (exact) mass is 265 g/mol. The second kappa shape index (κ2) is 6.78. The molecule has 1 N–H and O–H groups in total. The third kappa shape index (κ3) is 3.61. The fourth-order valence-electron chi connectivity index (χ4n) is 2.20. The van der Waals surface area contributed by atoms with Crippen LogP contribution >= 0.6 is 0 Å². The minimum Gasteiger partial charge on any atom is -0.486 e. The lowest BCUT2D eigenvalue weighted by Crippen LogP contribution is -2.33. The molecular weight excluding hydrogens is 242 g/mol. The molecule has 4 heteroatoms. The number of hydrogen-bond donors (Lipinski definition) is 1. The van der Waals surface area contributed by atoms with Crippen LogP contribution in [0.25, 0.3) is 0 Å². The maximum absolute atomic E-state index is 5.63. The van der Waals surface area contributed by atoms with Gasteiger partial charge >= 0.3 is 0 Å². The molecule has 0 radical (unpaired) electrons. The molecule has 1 aliphatic heterocycles. The van der Waals surface area contributed by atoms with Gasteiger partial charge in [-0.1, -0.05) is 13.0 Å². The average Bonchev–Trinajstić information content (AvgIpc) is 2.46. The van der Waals surface area contributed by atoms with E-state index >= 15 is 0 Å². The van der Waals surface area contributed by atoms with E-state index in [2.05, 4.69) is 31.3 Å². The molecule has 1 heterocycles. The molecule has 4 nitrogen and oxygen atoms in total. The Labute approximate surface area is 115 Å². The fourth-order valence-corrected chi connectivity index (χ4v) is 2.20. The van der Waals surface area contributed by atoms with Crippen LogP contribution in [0.1, 0.15) is 25.3 Å². The van der Waals surface area contributed by atoms with E-state index in [1.54, 1.807) is 7.11 Å². The molecule has 1 aromatic rings. The van der Waals surface area contributed by atoms with Crippen molar-refractivity contribution in [3.05, 3.63) is 23.8 Å². The molecule has 19 heavy (non-hydrogen) atoms. The first-order chi connectivity index (χ1) is 9.22. The summed E-state index contributed by atoms with van der Waals surface area (Å²) >= 11 is 0. The van der Waals surface area contributed by atoms with E-state index in [9.17, 15) is 0 Å². The van der Waals surface area contributed by atoms with Gasteiger partial charge in [0.2, 0.25) is 0 Å². The SMILES string of the molecule is COCCNC(C)C(C)c1ccc2c(c1)OCCO2. The minimum atomic E-state index is 0.387. The van der Waals surface area contributed by atoms with Crippen LogP contribution in [0.4, 0.5) is 0 Å². The van der Waals surface area contributed by atoms with Crippen molar-refractivity contribution in [1.29, 1.82) is 0 Å². The highest BCUT2D eigenvalue weighted by Gasteiger charge is 2.17. The molecule has 0 saturated carbocycles. The first-order valence-electron chi connectivity index (χ1n) is 6.84. The van der Waals surface area contributed by atoms with Gasteiger partial charge in [-0.25, -0.2) is 0 Å². The molecule has 0 aromatic heterocycles. The van der Waals surface area contributed by atoms with Gasteiger partial charge in [-0.05, 0) is 30.5 Å². The van der Waals surface area contributed by atoms with E-state index in [0.29, 0.717) is 25.2 Å². The van der Waals surface area contributed by atoms with Crippen molar-refractivity contribution >= 4 is 0 Å². The molecule has 0 bridgehead atoms. The normalized spacial score (nSPS) is 17.0. The number of nitrogens with one attached hydrogen (secondary N) is 1. The lowest BCUT2D eigenvalue weighted by atomic mass is 9.94. The fraction of sp³-hybridized carbons (Fsp3) is 0.600. The molecule has 1 aliphatic rings. The van der Waals surface area contributed by atoms with Crippen molar-refractivity contribution in [2.75, 3.05) is 33.5 Å². The smallest absolute Gasteiger partial charge is 0.161 e. The molecule has 2 atom stereocenters. The Morgan fingerprint density at radius 2 is 1.95 bits per heavy atom. The average molecular weight is 265 g/mol. The number of methoxy groups -OCH3 is 1. The first kappa shape index (κ1) is 14.2. The van der Waals surface area contributed by atoms with Gasteiger partial charge in [-0.2, -0.15) is 0 Å². The van der Waals surface area contributed by atoms with Crippen LogP contribution in [0.5, 0.6) is 11.5 Å². The van der Waals surface area contributed by atoms with Crippen molar-refractivity contribution in [2.45, 2.75) is 25.8 Å². The van der Waals surface area contributed by atoms with E-state index < -0.39 is 0 Å². The van der Waals surface area contributed by atoms with Crippen LogP contribution in [-0.4, -0.2) is 39.5 Å². The summed E-state index contributed by atoms with van der Waals surface area (Å²) in [5, 5.41) is 3.46. The van der Waals surface area contributed by atoms with E-state index in [1.165, 1.54) is 5.56 Å². The van der Waals surface area contributed by atoms with E-state index in [1.807, 2.05) is 6.07 Å². The molecule has 106 valence electrons. The maximum Gasteiger partial charge on any atom is 0.161 e. The number of benzene rings is 1. The molecule has 0 saturated heterocycles. The summed E-state index contributed by atoms with van der Waals surface area (Å²) < 4.78 is 16.2. The van der Waals surface area contributed by atoms with Gasteiger partial charge < -0.3 is 19.5 Å². The van der Waals surface area contributed by atoms with Crippen LogP contribution in [0.2, 0.25) is 0 Å². The van der Waals surface area contributed by atoms with Gasteiger partial charge in [0, 0.05) is 19.7 Å². The van der Waals surface area contributed by atoms with Crippen LogP contribution in [0, 0.1) is 0 Å². The van der Waals surface area contributed by atoms with Gasteiger partial charge in [-0.15, -0.1) is 0 Å². The number of hydrogen-bond acceptors (Lipinski definition) is 4. The molecule has 2 rings (SSSR count). The highest BCUT2D eigenvalue weighted by atomic mass is 16.6. The van der Waals surface area contributed by atoms with Gasteiger partial charge in [0.25, 0.3) is 0 Å². The van der Waals surface area contributed by atoms with E-state index in [0.717, 1.165) is 24.7 Å². The van der Waals surface area contributed by atoms with Crippen molar-refractivity contribution < 1.29 is 14.2 Å². The number of rotatable bonds is 6. The Balaban J connectivity index is 2.00. The summed E-state index contributed by atoms with van der Waals surface area (Å²) in [6, 6.07) is 6.60. The zero-order valence-electron chi connectivity index (χ0n) is 11.9. The second-order valence-corrected chi connectivity index (χ2v) is 4.93. The van der Waals surface area contributed by atoms with Crippen LogP contribution in [0.15, 0.2) is 18.2 Å². The summed E-state index contributed by atoms with van der Waals surface area (Å²) in [5.74, 6) is 2.12. The largest absolute Gasteiger partial charge is 0.486 e. The Kier molecular flexibility index (Phi) is 5.05. The van der Waals surface area contributed by atoms with Crippen molar-refractivity contribution in [3.63, 3.8) is 0 Å². The molecular formula is C15H23NO3. The zero-order valence-corrected chi connectivity index (χ0v) is 11.9. The maximum atomic E-state index is 5.63. The molecule has 1 aromatic carbocycles. The summed E-state index contributed by atoms with van der Waals surface area (Å²) in [5.41, 5.74) is 1.27. The Morgan fingerprint density at radius 1 is 1.21 bits per heavy atom. The van der Waals surface area contributed by atoms with Crippen molar-refractivity contribution in [1.82, 2.24) is 5.32 Å². The summed E-state index contributed by atoms with van der Waals surface area (Å²) in [7, 11) is 1.72. The Morgan fingerprint density at radius 3 is 2.68 bits per heavy atom. The second-order valence-electron chi connectivity index (χ2n) is 4.93. The zero-order chi connectivity index (χ0) is 13.7. The molecule has 2 unspecified atom stereocenters. The number of fused-ring (bicyclic) bond motifs is 1. The highest BCUT2D eigenvalue weighted by Crippen LogP contribution is 2.33. The summed E-state index contributed by atoms with van der Waals surface area (Å²) in [6.07, 6.45) is 0. The van der Waals surface area contributed by atoms with Gasteiger partial charge in [0.1, 0.15) is 13.2 Å². The van der Waals surface area contributed by atoms with Crippen molar-refractivity contribution in [3.8, 4) is 11.5 Å². The predicted octanol–water partition coefficient (Wildman–Crippen LogP) is 2.19. The molecule has 0 fully saturated rings. The lowest BCUT2D eigenvalue weighted by Gasteiger charge is -2.24. The van der Waals surface area contributed by atoms with Gasteiger partial charge in [-0.3, -0.25) is 0 Å². The standard InChI is InChI=1S/C15H23NO3/c1-11(12(2)16-6-7-17-3)13-4-5-14-15(10-13)19-9-8-18-14/h4-5,10-12,16H,6-9H2,1-3H3. The minimum absolute atomic E-state index is 0.387. The van der Waals surface area contributed by atoms with Gasteiger partial charge in [0.05, 0.1) is 6.61 Å². The predicted molar refractivity (Wildman–Crippen MR) is 75.2 cm³/mol. The Bertz CT molecular complexity index is 408. The third-order valence-electron chi connectivity index (χ3n) is 3.61. The van der Waals surface area contributed by atoms with Crippen LogP contribution < -0.4 is 14.8 Å². The quantitative estimate of drug-likeness (QED) is 0.800. The number of ether oxygens (including phenoxy) is 3. The highest BCUT2D eigenvalue weighted by molar-refractivity contribution is 5.44. The summed E-state index contributed by atoms with van der Waals surface area (Å²) in [6.45, 7) is 7.28. The first-order valence-corrected chi connectivity index (χ1v) is 6.84. The molecule has 0 aliphatic carbocycles. The summed E-state index contributed by atoms with van der Waals surface area (Å²) in [4.78, 5) is 0. The van der Waals surface area contributed by atoms with Crippen LogP contribution in [-0.2, 0) is 4.74 Å². The molecule has 0 spiro atoms. The van der Waals surface area contributed by atoms with Gasteiger partial charge in [0.15, 0.2) is 11.5 Å².